The molecule has 3 rings (SSSR count). The lowest BCUT2D eigenvalue weighted by Gasteiger charge is -2.14. The van der Waals surface area contributed by atoms with Crippen molar-refractivity contribution in [2.45, 2.75) is 35.8 Å². The number of amides is 1. The van der Waals surface area contributed by atoms with E-state index in [9.17, 15) is 4.79 Å². The van der Waals surface area contributed by atoms with Gasteiger partial charge in [-0.15, -0.1) is 11.8 Å². The largest absolute Gasteiger partial charge is 0.484 e. The van der Waals surface area contributed by atoms with Crippen LogP contribution in [0, 0.1) is 11.3 Å². The summed E-state index contributed by atoms with van der Waals surface area (Å²) in [5, 5.41) is 12.4. The number of hydrogen-bond acceptors (Lipinski definition) is 4. The lowest BCUT2D eigenvalue weighted by atomic mass is 10.2. The molecule has 1 aliphatic carbocycles. The van der Waals surface area contributed by atoms with Gasteiger partial charge in [0.1, 0.15) is 5.75 Å². The second-order valence-electron chi connectivity index (χ2n) is 5.99. The van der Waals surface area contributed by atoms with Crippen molar-refractivity contribution in [1.29, 1.82) is 5.26 Å². The third-order valence-electron chi connectivity index (χ3n) is 4.11. The average molecular weight is 352 g/mol. The van der Waals surface area contributed by atoms with Crippen LogP contribution >= 0.6 is 11.8 Å². The predicted octanol–water partition coefficient (Wildman–Crippen LogP) is 4.61. The van der Waals surface area contributed by atoms with E-state index in [0.717, 1.165) is 10.6 Å². The molecule has 4 nitrogen and oxygen atoms in total. The summed E-state index contributed by atoms with van der Waals surface area (Å²) in [6.45, 7) is -0.0612. The van der Waals surface area contributed by atoms with Crippen molar-refractivity contribution in [2.24, 2.45) is 0 Å². The van der Waals surface area contributed by atoms with Gasteiger partial charge >= 0.3 is 0 Å². The lowest BCUT2D eigenvalue weighted by Crippen LogP contribution is -2.20. The van der Waals surface area contributed by atoms with Gasteiger partial charge in [-0.25, -0.2) is 0 Å². The molecule has 0 heterocycles. The van der Waals surface area contributed by atoms with Gasteiger partial charge in [0.25, 0.3) is 5.91 Å². The smallest absolute Gasteiger partial charge is 0.262 e. The number of carbonyl (C=O) groups is 1. The number of anilines is 1. The van der Waals surface area contributed by atoms with Crippen molar-refractivity contribution in [1.82, 2.24) is 0 Å². The maximum Gasteiger partial charge on any atom is 0.262 e. The molecule has 2 aromatic carbocycles. The molecule has 0 aromatic heterocycles. The molecule has 0 unspecified atom stereocenters. The van der Waals surface area contributed by atoms with Crippen molar-refractivity contribution in [3.8, 4) is 11.8 Å². The summed E-state index contributed by atoms with van der Waals surface area (Å²) in [4.78, 5) is 13.3. The number of carbonyl (C=O) groups excluding carboxylic acids is 1. The molecule has 128 valence electrons. The molecule has 0 spiro atoms. The number of nitrogens with one attached hydrogen (secondary N) is 1. The van der Waals surface area contributed by atoms with Crippen LogP contribution in [0.3, 0.4) is 0 Å². The van der Waals surface area contributed by atoms with Crippen molar-refractivity contribution < 1.29 is 9.53 Å². The van der Waals surface area contributed by atoms with Gasteiger partial charge in [0.15, 0.2) is 6.61 Å². The number of nitrogens with zero attached hydrogens (tertiary/aromatic N) is 1. The summed E-state index contributed by atoms with van der Waals surface area (Å²) in [7, 11) is 0. The van der Waals surface area contributed by atoms with Crippen LogP contribution in [0.4, 0.5) is 5.69 Å². The van der Waals surface area contributed by atoms with Crippen LogP contribution in [0.15, 0.2) is 53.4 Å². The highest BCUT2D eigenvalue weighted by molar-refractivity contribution is 8.00. The molecule has 1 fully saturated rings. The number of benzene rings is 2. The first kappa shape index (κ1) is 17.4. The number of rotatable bonds is 6. The average Bonchev–Trinajstić information content (AvgIpc) is 3.15. The Bertz CT molecular complexity index is 762. The van der Waals surface area contributed by atoms with Crippen molar-refractivity contribution in [3.05, 3.63) is 54.1 Å². The standard InChI is InChI=1S/C20H20N2O2S/c21-13-15-9-11-16(12-10-15)24-14-20(23)22-18-7-3-4-8-19(18)25-17-5-1-2-6-17/h3-4,7-12,17H,1-2,5-6,14H2,(H,22,23). The van der Waals surface area contributed by atoms with Gasteiger partial charge in [0, 0.05) is 10.1 Å². The molecule has 1 N–H and O–H groups in total. The first-order chi connectivity index (χ1) is 12.2. The van der Waals surface area contributed by atoms with Gasteiger partial charge in [-0.05, 0) is 49.2 Å². The topological polar surface area (TPSA) is 62.1 Å². The summed E-state index contributed by atoms with van der Waals surface area (Å²) in [5.41, 5.74) is 1.41. The van der Waals surface area contributed by atoms with E-state index >= 15 is 0 Å². The second-order valence-corrected chi connectivity index (χ2v) is 7.34. The van der Waals surface area contributed by atoms with E-state index in [4.69, 9.17) is 10.00 Å². The van der Waals surface area contributed by atoms with Crippen LogP contribution in [0.2, 0.25) is 0 Å². The molecular formula is C20H20N2O2S. The lowest BCUT2D eigenvalue weighted by molar-refractivity contribution is -0.118. The summed E-state index contributed by atoms with van der Waals surface area (Å²) >= 11 is 1.85. The number of thioether (sulfide) groups is 1. The first-order valence-corrected chi connectivity index (χ1v) is 9.31. The predicted molar refractivity (Wildman–Crippen MR) is 99.8 cm³/mol. The Kier molecular flexibility index (Phi) is 5.97. The van der Waals surface area contributed by atoms with E-state index in [0.29, 0.717) is 16.6 Å². The van der Waals surface area contributed by atoms with E-state index in [1.807, 2.05) is 30.0 Å². The van der Waals surface area contributed by atoms with Gasteiger partial charge < -0.3 is 10.1 Å². The molecule has 5 heteroatoms. The summed E-state index contributed by atoms with van der Waals surface area (Å²) in [6.07, 6.45) is 5.08. The van der Waals surface area contributed by atoms with Crippen LogP contribution in [0.1, 0.15) is 31.2 Å². The summed E-state index contributed by atoms with van der Waals surface area (Å²) < 4.78 is 5.48. The Morgan fingerprint density at radius 2 is 1.88 bits per heavy atom. The highest BCUT2D eigenvalue weighted by atomic mass is 32.2. The van der Waals surface area contributed by atoms with Crippen LogP contribution in [-0.2, 0) is 4.79 Å². The molecule has 0 aliphatic heterocycles. The minimum absolute atomic E-state index is 0.0612. The summed E-state index contributed by atoms with van der Waals surface area (Å²) in [6, 6.07) is 16.7. The zero-order chi connectivity index (χ0) is 17.5. The third-order valence-corrected chi connectivity index (χ3v) is 5.52. The molecule has 25 heavy (non-hydrogen) atoms. The SMILES string of the molecule is N#Cc1ccc(OCC(=O)Nc2ccccc2SC2CCCC2)cc1. The third kappa shape index (κ3) is 5.01. The van der Waals surface area contributed by atoms with Gasteiger partial charge in [0.05, 0.1) is 17.3 Å². The minimum Gasteiger partial charge on any atom is -0.484 e. The Balaban J connectivity index is 1.56. The van der Waals surface area contributed by atoms with E-state index in [-0.39, 0.29) is 12.5 Å². The Labute approximate surface area is 152 Å². The minimum atomic E-state index is -0.191. The van der Waals surface area contributed by atoms with Gasteiger partial charge in [-0.1, -0.05) is 25.0 Å². The number of hydrogen-bond donors (Lipinski definition) is 1. The van der Waals surface area contributed by atoms with Gasteiger partial charge in [-0.2, -0.15) is 5.26 Å². The zero-order valence-electron chi connectivity index (χ0n) is 13.9. The first-order valence-electron chi connectivity index (χ1n) is 8.43. The number of nitriles is 1. The highest BCUT2D eigenvalue weighted by Gasteiger charge is 2.18. The van der Waals surface area contributed by atoms with E-state index in [2.05, 4.69) is 17.5 Å². The molecule has 0 bridgehead atoms. The van der Waals surface area contributed by atoms with Crippen LogP contribution in [-0.4, -0.2) is 17.8 Å². The monoisotopic (exact) mass is 352 g/mol. The molecule has 0 saturated heterocycles. The maximum atomic E-state index is 12.2. The Hall–Kier alpha value is -2.45. The van der Waals surface area contributed by atoms with E-state index < -0.39 is 0 Å². The van der Waals surface area contributed by atoms with Crippen LogP contribution < -0.4 is 10.1 Å². The van der Waals surface area contributed by atoms with Crippen molar-refractivity contribution in [3.63, 3.8) is 0 Å². The van der Waals surface area contributed by atoms with Crippen molar-refractivity contribution in [2.75, 3.05) is 11.9 Å². The summed E-state index contributed by atoms with van der Waals surface area (Å²) in [5.74, 6) is 0.381. The van der Waals surface area contributed by atoms with Crippen LogP contribution in [0.25, 0.3) is 0 Å². The van der Waals surface area contributed by atoms with Gasteiger partial charge in [-0.3, -0.25) is 4.79 Å². The van der Waals surface area contributed by atoms with E-state index in [1.54, 1.807) is 24.3 Å². The molecule has 1 aliphatic rings. The fourth-order valence-corrected chi connectivity index (χ4v) is 4.15. The molecule has 0 radical (unpaired) electrons. The molecule has 1 saturated carbocycles. The molecule has 1 amide bonds. The second kappa shape index (κ2) is 8.59. The molecule has 0 atom stereocenters. The molecule has 2 aromatic rings. The quantitative estimate of drug-likeness (QED) is 0.824. The molecular weight excluding hydrogens is 332 g/mol. The normalized spacial score (nSPS) is 14.0. The zero-order valence-corrected chi connectivity index (χ0v) is 14.7. The Morgan fingerprint density at radius 1 is 1.16 bits per heavy atom. The fraction of sp³-hybridized carbons (Fsp3) is 0.300. The number of ether oxygens (including phenoxy) is 1. The van der Waals surface area contributed by atoms with Gasteiger partial charge in [0.2, 0.25) is 0 Å². The highest BCUT2D eigenvalue weighted by Crippen LogP contribution is 2.37. The van der Waals surface area contributed by atoms with Crippen LogP contribution in [0.5, 0.6) is 5.75 Å². The maximum absolute atomic E-state index is 12.2. The fourth-order valence-electron chi connectivity index (χ4n) is 2.82. The van der Waals surface area contributed by atoms with Crippen molar-refractivity contribution >= 4 is 23.4 Å². The van der Waals surface area contributed by atoms with E-state index in [1.165, 1.54) is 25.7 Å². The Morgan fingerprint density at radius 3 is 2.60 bits per heavy atom. The number of para-hydroxylation sites is 1.